The minimum Gasteiger partial charge on any atom is -0.391 e. The molecule has 1 aliphatic rings. The van der Waals surface area contributed by atoms with Gasteiger partial charge < -0.3 is 20.1 Å². The molecule has 1 saturated heterocycles. The lowest BCUT2D eigenvalue weighted by atomic mass is 10.1. The minimum atomic E-state index is -0.351. The third kappa shape index (κ3) is 5.89. The summed E-state index contributed by atoms with van der Waals surface area (Å²) in [5.41, 5.74) is 0. The molecule has 0 aromatic rings. The summed E-state index contributed by atoms with van der Waals surface area (Å²) in [5, 5.41) is 12.3. The molecule has 1 atom stereocenters. The first-order valence-corrected chi connectivity index (χ1v) is 6.44. The third-order valence-electron chi connectivity index (χ3n) is 2.99. The van der Waals surface area contributed by atoms with Gasteiger partial charge in [-0.05, 0) is 32.1 Å². The highest BCUT2D eigenvalue weighted by Crippen LogP contribution is 2.09. The number of likely N-dealkylation sites (tertiary alicyclic amines) is 1. The van der Waals surface area contributed by atoms with Crippen LogP contribution in [0, 0.1) is 0 Å². The van der Waals surface area contributed by atoms with Gasteiger partial charge in [-0.25, -0.2) is 4.79 Å². The minimum absolute atomic E-state index is 0.0458. The van der Waals surface area contributed by atoms with E-state index in [1.165, 1.54) is 0 Å². The van der Waals surface area contributed by atoms with Crippen molar-refractivity contribution in [3.63, 3.8) is 0 Å². The van der Waals surface area contributed by atoms with Crippen LogP contribution in [0.25, 0.3) is 0 Å². The Bertz CT molecular complexity index is 224. The smallest absolute Gasteiger partial charge is 0.317 e. The van der Waals surface area contributed by atoms with Crippen molar-refractivity contribution in [2.75, 3.05) is 33.4 Å². The maximum atomic E-state index is 11.7. The topological polar surface area (TPSA) is 61.8 Å². The second-order valence-corrected chi connectivity index (χ2v) is 4.53. The molecule has 1 fully saturated rings. The summed E-state index contributed by atoms with van der Waals surface area (Å²) in [6.07, 6.45) is 4.43. The monoisotopic (exact) mass is 244 g/mol. The molecule has 1 rings (SSSR count). The van der Waals surface area contributed by atoms with Crippen LogP contribution in [-0.4, -0.2) is 55.5 Å². The third-order valence-corrected chi connectivity index (χ3v) is 2.99. The molecule has 5 heteroatoms. The summed E-state index contributed by atoms with van der Waals surface area (Å²) in [7, 11) is 1.70. The molecule has 100 valence electrons. The van der Waals surface area contributed by atoms with E-state index in [1.54, 1.807) is 12.0 Å². The first-order valence-electron chi connectivity index (χ1n) is 6.44. The Kier molecular flexibility index (Phi) is 6.96. The highest BCUT2D eigenvalue weighted by atomic mass is 16.5. The predicted octanol–water partition coefficient (Wildman–Crippen LogP) is 0.969. The number of urea groups is 1. The maximum absolute atomic E-state index is 11.7. The molecule has 1 unspecified atom stereocenters. The van der Waals surface area contributed by atoms with Crippen LogP contribution in [0.15, 0.2) is 0 Å². The number of unbranched alkanes of at least 4 members (excludes halogenated alkanes) is 2. The Morgan fingerprint density at radius 3 is 3.00 bits per heavy atom. The van der Waals surface area contributed by atoms with Crippen molar-refractivity contribution in [2.45, 2.75) is 38.2 Å². The number of carbonyl (C=O) groups is 1. The SMILES string of the molecule is COCCCCCNC(=O)N1CCCC(O)C1. The van der Waals surface area contributed by atoms with Crippen molar-refractivity contribution in [3.8, 4) is 0 Å². The average Bonchev–Trinajstić information content (AvgIpc) is 2.33. The molecule has 1 aliphatic heterocycles. The lowest BCUT2D eigenvalue weighted by molar-refractivity contribution is 0.0842. The Labute approximate surface area is 103 Å². The van der Waals surface area contributed by atoms with Crippen LogP contribution in [0.4, 0.5) is 4.79 Å². The normalized spacial score (nSPS) is 20.4. The number of aliphatic hydroxyl groups excluding tert-OH is 1. The Hall–Kier alpha value is -0.810. The number of hydrogen-bond acceptors (Lipinski definition) is 3. The second-order valence-electron chi connectivity index (χ2n) is 4.53. The summed E-state index contributed by atoms with van der Waals surface area (Å²) in [5.74, 6) is 0. The highest BCUT2D eigenvalue weighted by Gasteiger charge is 2.21. The van der Waals surface area contributed by atoms with Gasteiger partial charge in [0.2, 0.25) is 0 Å². The van der Waals surface area contributed by atoms with E-state index in [4.69, 9.17) is 4.74 Å². The van der Waals surface area contributed by atoms with Crippen molar-refractivity contribution in [3.05, 3.63) is 0 Å². The lowest BCUT2D eigenvalue weighted by Crippen LogP contribution is -2.47. The summed E-state index contributed by atoms with van der Waals surface area (Å²) < 4.78 is 4.95. The molecular weight excluding hydrogens is 220 g/mol. The fourth-order valence-corrected chi connectivity index (χ4v) is 1.99. The molecule has 17 heavy (non-hydrogen) atoms. The number of nitrogens with one attached hydrogen (secondary N) is 1. The lowest BCUT2D eigenvalue weighted by Gasteiger charge is -2.30. The molecule has 0 aliphatic carbocycles. The number of nitrogens with zero attached hydrogens (tertiary/aromatic N) is 1. The summed E-state index contributed by atoms with van der Waals surface area (Å²) in [6, 6.07) is -0.0458. The second kappa shape index (κ2) is 8.31. The van der Waals surface area contributed by atoms with E-state index in [9.17, 15) is 9.90 Å². The van der Waals surface area contributed by atoms with Crippen molar-refractivity contribution in [1.82, 2.24) is 10.2 Å². The molecule has 0 aromatic carbocycles. The largest absolute Gasteiger partial charge is 0.391 e. The van der Waals surface area contributed by atoms with E-state index >= 15 is 0 Å². The molecule has 0 aromatic heterocycles. The standard InChI is InChI=1S/C12H24N2O3/c1-17-9-4-2-3-7-13-12(16)14-8-5-6-11(15)10-14/h11,15H,2-10H2,1H3,(H,13,16). The zero-order chi connectivity index (χ0) is 12.5. The predicted molar refractivity (Wildman–Crippen MR) is 65.9 cm³/mol. The van der Waals surface area contributed by atoms with Gasteiger partial charge in [0, 0.05) is 33.4 Å². The average molecular weight is 244 g/mol. The van der Waals surface area contributed by atoms with Gasteiger partial charge in [-0.3, -0.25) is 0 Å². The van der Waals surface area contributed by atoms with Crippen LogP contribution in [0.5, 0.6) is 0 Å². The summed E-state index contributed by atoms with van der Waals surface area (Å²) >= 11 is 0. The van der Waals surface area contributed by atoms with Gasteiger partial charge in [0.1, 0.15) is 0 Å². The summed E-state index contributed by atoms with van der Waals surface area (Å²) in [6.45, 7) is 2.71. The van der Waals surface area contributed by atoms with Crippen LogP contribution in [0.3, 0.4) is 0 Å². The van der Waals surface area contributed by atoms with Crippen molar-refractivity contribution < 1.29 is 14.6 Å². The van der Waals surface area contributed by atoms with E-state index in [0.29, 0.717) is 13.1 Å². The Morgan fingerprint density at radius 2 is 2.29 bits per heavy atom. The molecule has 2 N–H and O–H groups in total. The zero-order valence-corrected chi connectivity index (χ0v) is 10.7. The van der Waals surface area contributed by atoms with Crippen LogP contribution in [0.2, 0.25) is 0 Å². The first kappa shape index (κ1) is 14.3. The van der Waals surface area contributed by atoms with E-state index in [2.05, 4.69) is 5.32 Å². The van der Waals surface area contributed by atoms with Crippen LogP contribution < -0.4 is 5.32 Å². The van der Waals surface area contributed by atoms with Crippen molar-refractivity contribution >= 4 is 6.03 Å². The Morgan fingerprint density at radius 1 is 1.47 bits per heavy atom. The summed E-state index contributed by atoms with van der Waals surface area (Å²) in [4.78, 5) is 13.4. The molecule has 2 amide bonds. The molecule has 0 bridgehead atoms. The van der Waals surface area contributed by atoms with Gasteiger partial charge in [0.15, 0.2) is 0 Å². The number of methoxy groups -OCH3 is 1. The van der Waals surface area contributed by atoms with Crippen LogP contribution >= 0.6 is 0 Å². The van der Waals surface area contributed by atoms with Crippen molar-refractivity contribution in [1.29, 1.82) is 0 Å². The van der Waals surface area contributed by atoms with Gasteiger partial charge in [-0.15, -0.1) is 0 Å². The van der Waals surface area contributed by atoms with Gasteiger partial charge in [-0.2, -0.15) is 0 Å². The number of aliphatic hydroxyl groups is 1. The quantitative estimate of drug-likeness (QED) is 0.684. The number of β-amino-alcohol motifs (C(OH)–C–C–N with tert-alkyl or cyclic N) is 1. The number of carbonyl (C=O) groups excluding carboxylic acids is 1. The molecule has 1 heterocycles. The number of hydrogen-bond donors (Lipinski definition) is 2. The van der Waals surface area contributed by atoms with Crippen LogP contribution in [0.1, 0.15) is 32.1 Å². The molecule has 5 nitrogen and oxygen atoms in total. The van der Waals surface area contributed by atoms with E-state index < -0.39 is 0 Å². The fourth-order valence-electron chi connectivity index (χ4n) is 1.99. The van der Waals surface area contributed by atoms with Crippen LogP contribution in [-0.2, 0) is 4.74 Å². The van der Waals surface area contributed by atoms with Gasteiger partial charge in [0.05, 0.1) is 6.10 Å². The molecule has 0 spiro atoms. The maximum Gasteiger partial charge on any atom is 0.317 e. The van der Waals surface area contributed by atoms with Crippen molar-refractivity contribution in [2.24, 2.45) is 0 Å². The number of rotatable bonds is 6. The molecular formula is C12H24N2O3. The van der Waals surface area contributed by atoms with Gasteiger partial charge in [0.25, 0.3) is 0 Å². The first-order chi connectivity index (χ1) is 8.24. The molecule has 0 saturated carbocycles. The number of ether oxygens (including phenoxy) is 1. The highest BCUT2D eigenvalue weighted by molar-refractivity contribution is 5.74. The van der Waals surface area contributed by atoms with Gasteiger partial charge >= 0.3 is 6.03 Å². The number of amides is 2. The Balaban J connectivity index is 2.04. The van der Waals surface area contributed by atoms with E-state index in [0.717, 1.165) is 45.3 Å². The number of piperidine rings is 1. The van der Waals surface area contributed by atoms with E-state index in [-0.39, 0.29) is 12.1 Å². The van der Waals surface area contributed by atoms with Gasteiger partial charge in [-0.1, -0.05) is 0 Å². The fraction of sp³-hybridized carbons (Fsp3) is 0.917. The van der Waals surface area contributed by atoms with E-state index in [1.807, 2.05) is 0 Å². The molecule has 0 radical (unpaired) electrons. The zero-order valence-electron chi connectivity index (χ0n) is 10.7.